The Bertz CT molecular complexity index is 1330. The van der Waals surface area contributed by atoms with Crippen molar-refractivity contribution in [1.29, 1.82) is 0 Å². The Morgan fingerprint density at radius 2 is 1.89 bits per heavy atom. The summed E-state index contributed by atoms with van der Waals surface area (Å²) in [5.41, 5.74) is 3.12. The molecule has 180 valence electrons. The first kappa shape index (κ1) is 25.3. The number of amides is 1. The number of hydrogen-bond donors (Lipinski definition) is 1. The van der Waals surface area contributed by atoms with Crippen LogP contribution in [0, 0.1) is 12.7 Å². The number of halogens is 3. The SMILES string of the molecule is CCOc1cc(/C=C2/SC(=Nc3cccc(Cl)c3C)NC2=O)c(Br)cc1OCc1ccc(F)cc1. The molecule has 1 amide bonds. The van der Waals surface area contributed by atoms with Gasteiger partial charge < -0.3 is 14.8 Å². The second kappa shape index (κ2) is 11.3. The number of rotatable bonds is 7. The van der Waals surface area contributed by atoms with E-state index in [-0.39, 0.29) is 18.3 Å². The molecule has 1 fully saturated rings. The minimum atomic E-state index is -0.298. The van der Waals surface area contributed by atoms with E-state index in [9.17, 15) is 9.18 Å². The average Bonchev–Trinajstić information content (AvgIpc) is 3.17. The second-order valence-electron chi connectivity index (χ2n) is 7.53. The van der Waals surface area contributed by atoms with Crippen LogP contribution in [-0.4, -0.2) is 17.7 Å². The predicted octanol–water partition coefficient (Wildman–Crippen LogP) is 7.42. The van der Waals surface area contributed by atoms with Crippen molar-refractivity contribution in [2.75, 3.05) is 6.61 Å². The molecule has 9 heteroatoms. The lowest BCUT2D eigenvalue weighted by atomic mass is 10.1. The minimum absolute atomic E-state index is 0.241. The van der Waals surface area contributed by atoms with Crippen molar-refractivity contribution in [3.8, 4) is 11.5 Å². The molecule has 4 rings (SSSR count). The highest BCUT2D eigenvalue weighted by molar-refractivity contribution is 9.10. The average molecular weight is 576 g/mol. The van der Waals surface area contributed by atoms with E-state index in [4.69, 9.17) is 21.1 Å². The number of thioether (sulfide) groups is 1. The fourth-order valence-electron chi connectivity index (χ4n) is 3.23. The third-order valence-electron chi connectivity index (χ3n) is 5.07. The molecule has 0 radical (unpaired) electrons. The van der Waals surface area contributed by atoms with Crippen molar-refractivity contribution in [3.05, 3.63) is 91.5 Å². The number of carbonyl (C=O) groups excluding carboxylic acids is 1. The summed E-state index contributed by atoms with van der Waals surface area (Å²) in [4.78, 5) is 17.6. The Morgan fingerprint density at radius 3 is 2.63 bits per heavy atom. The van der Waals surface area contributed by atoms with Crippen LogP contribution >= 0.6 is 39.3 Å². The maximum Gasteiger partial charge on any atom is 0.264 e. The van der Waals surface area contributed by atoms with E-state index in [0.29, 0.717) is 38.9 Å². The van der Waals surface area contributed by atoms with E-state index in [1.54, 1.807) is 30.3 Å². The van der Waals surface area contributed by atoms with Gasteiger partial charge >= 0.3 is 0 Å². The molecule has 0 spiro atoms. The van der Waals surface area contributed by atoms with E-state index < -0.39 is 0 Å². The fraction of sp³-hybridized carbons (Fsp3) is 0.154. The Kier molecular flexibility index (Phi) is 8.15. The van der Waals surface area contributed by atoms with E-state index in [2.05, 4.69) is 26.2 Å². The zero-order valence-corrected chi connectivity index (χ0v) is 22.1. The van der Waals surface area contributed by atoms with Gasteiger partial charge in [-0.2, -0.15) is 0 Å². The molecule has 0 atom stereocenters. The lowest BCUT2D eigenvalue weighted by Crippen LogP contribution is -2.19. The molecule has 0 saturated carbocycles. The van der Waals surface area contributed by atoms with Gasteiger partial charge in [-0.1, -0.05) is 45.7 Å². The summed E-state index contributed by atoms with van der Waals surface area (Å²) in [5, 5.41) is 3.89. The van der Waals surface area contributed by atoms with Crippen LogP contribution in [0.25, 0.3) is 6.08 Å². The van der Waals surface area contributed by atoms with Crippen LogP contribution in [0.3, 0.4) is 0 Å². The van der Waals surface area contributed by atoms with Gasteiger partial charge in [0.05, 0.1) is 17.2 Å². The van der Waals surface area contributed by atoms with Gasteiger partial charge in [0.1, 0.15) is 12.4 Å². The van der Waals surface area contributed by atoms with Crippen molar-refractivity contribution in [2.24, 2.45) is 4.99 Å². The van der Waals surface area contributed by atoms with Crippen LogP contribution in [0.2, 0.25) is 5.02 Å². The highest BCUT2D eigenvalue weighted by atomic mass is 79.9. The van der Waals surface area contributed by atoms with Crippen LogP contribution in [0.15, 0.2) is 69.0 Å². The molecule has 1 saturated heterocycles. The van der Waals surface area contributed by atoms with Crippen LogP contribution < -0.4 is 14.8 Å². The summed E-state index contributed by atoms with van der Waals surface area (Å²) in [6, 6.07) is 15.2. The van der Waals surface area contributed by atoms with Crippen molar-refractivity contribution in [2.45, 2.75) is 20.5 Å². The Labute approximate surface area is 220 Å². The summed E-state index contributed by atoms with van der Waals surface area (Å²) >= 11 is 11.0. The number of aliphatic imine (C=N–C) groups is 1. The number of hydrogen-bond acceptors (Lipinski definition) is 5. The molecule has 1 N–H and O–H groups in total. The van der Waals surface area contributed by atoms with E-state index >= 15 is 0 Å². The Balaban J connectivity index is 1.57. The standard InChI is InChI=1S/C26H21BrClFN2O3S/c1-3-33-22-11-17(19(27)13-23(22)34-14-16-7-9-18(29)10-8-16)12-24-25(32)31-26(35-24)30-21-6-4-5-20(28)15(21)2/h4-13H,3,14H2,1-2H3,(H,30,31,32)/b24-12+. The second-order valence-corrected chi connectivity index (χ2v) is 9.83. The van der Waals surface area contributed by atoms with Crippen molar-refractivity contribution in [3.63, 3.8) is 0 Å². The number of amidine groups is 1. The molecule has 1 aliphatic rings. The molecule has 5 nitrogen and oxygen atoms in total. The predicted molar refractivity (Wildman–Crippen MR) is 143 cm³/mol. The third-order valence-corrected chi connectivity index (χ3v) is 7.08. The van der Waals surface area contributed by atoms with Crippen LogP contribution in [0.5, 0.6) is 11.5 Å². The highest BCUT2D eigenvalue weighted by Gasteiger charge is 2.25. The number of ether oxygens (including phenoxy) is 2. The summed E-state index contributed by atoms with van der Waals surface area (Å²) in [6.07, 6.45) is 1.77. The molecule has 0 aliphatic carbocycles. The molecular weight excluding hydrogens is 555 g/mol. The number of carbonyl (C=O) groups is 1. The van der Waals surface area contributed by atoms with Gasteiger partial charge in [-0.05, 0) is 84.8 Å². The van der Waals surface area contributed by atoms with Crippen LogP contribution in [0.4, 0.5) is 10.1 Å². The van der Waals surface area contributed by atoms with Crippen molar-refractivity contribution >= 4 is 62.1 Å². The largest absolute Gasteiger partial charge is 0.490 e. The monoisotopic (exact) mass is 574 g/mol. The van der Waals surface area contributed by atoms with Gasteiger partial charge in [-0.3, -0.25) is 4.79 Å². The maximum atomic E-state index is 13.2. The molecular formula is C26H21BrClFN2O3S. The third kappa shape index (κ3) is 6.25. The van der Waals surface area contributed by atoms with Crippen LogP contribution in [0.1, 0.15) is 23.6 Å². The fourth-order valence-corrected chi connectivity index (χ4v) is 4.66. The number of nitrogens with one attached hydrogen (secondary N) is 1. The first-order chi connectivity index (χ1) is 16.8. The first-order valence-corrected chi connectivity index (χ1v) is 12.7. The maximum absolute atomic E-state index is 13.2. The molecule has 1 heterocycles. The molecule has 3 aromatic rings. The number of nitrogens with zero attached hydrogens (tertiary/aromatic N) is 1. The summed E-state index contributed by atoms with van der Waals surface area (Å²) in [6.45, 7) is 4.46. The topological polar surface area (TPSA) is 59.9 Å². The smallest absolute Gasteiger partial charge is 0.264 e. The quantitative estimate of drug-likeness (QED) is 0.298. The van der Waals surface area contributed by atoms with Crippen LogP contribution in [-0.2, 0) is 11.4 Å². The van der Waals surface area contributed by atoms with Gasteiger partial charge in [0.25, 0.3) is 5.91 Å². The summed E-state index contributed by atoms with van der Waals surface area (Å²) in [5.74, 6) is 0.535. The van der Waals surface area contributed by atoms with Gasteiger partial charge in [0, 0.05) is 9.50 Å². The Morgan fingerprint density at radius 1 is 1.14 bits per heavy atom. The highest BCUT2D eigenvalue weighted by Crippen LogP contribution is 2.37. The molecule has 1 aliphatic heterocycles. The van der Waals surface area contributed by atoms with Gasteiger partial charge in [0.2, 0.25) is 0 Å². The zero-order valence-electron chi connectivity index (χ0n) is 18.9. The van der Waals surface area contributed by atoms with Gasteiger partial charge in [0.15, 0.2) is 16.7 Å². The normalized spacial score (nSPS) is 15.5. The van der Waals surface area contributed by atoms with Crippen molar-refractivity contribution < 1.29 is 18.7 Å². The molecule has 35 heavy (non-hydrogen) atoms. The van der Waals surface area contributed by atoms with Crippen molar-refractivity contribution in [1.82, 2.24) is 5.32 Å². The van der Waals surface area contributed by atoms with E-state index in [1.807, 2.05) is 32.0 Å². The molecule has 0 unspecified atom stereocenters. The lowest BCUT2D eigenvalue weighted by Gasteiger charge is -2.14. The summed E-state index contributed by atoms with van der Waals surface area (Å²) in [7, 11) is 0. The molecule has 0 aromatic heterocycles. The minimum Gasteiger partial charge on any atom is -0.490 e. The van der Waals surface area contributed by atoms with E-state index in [0.717, 1.165) is 21.2 Å². The first-order valence-electron chi connectivity index (χ1n) is 10.7. The Hall–Kier alpha value is -2.81. The number of benzene rings is 3. The van der Waals surface area contributed by atoms with Gasteiger partial charge in [-0.15, -0.1) is 0 Å². The molecule has 0 bridgehead atoms. The zero-order chi connectivity index (χ0) is 24.9. The molecule has 3 aromatic carbocycles. The lowest BCUT2D eigenvalue weighted by molar-refractivity contribution is -0.115. The van der Waals surface area contributed by atoms with Gasteiger partial charge in [-0.25, -0.2) is 9.38 Å². The summed E-state index contributed by atoms with van der Waals surface area (Å²) < 4.78 is 25.6. The van der Waals surface area contributed by atoms with E-state index in [1.165, 1.54) is 23.9 Å².